The summed E-state index contributed by atoms with van der Waals surface area (Å²) in [6.45, 7) is 6.33. The van der Waals surface area contributed by atoms with E-state index in [1.807, 2.05) is 17.9 Å². The Bertz CT molecular complexity index is 597. The van der Waals surface area contributed by atoms with Crippen molar-refractivity contribution in [3.63, 3.8) is 0 Å². The van der Waals surface area contributed by atoms with Gasteiger partial charge in [-0.2, -0.15) is 5.10 Å². The van der Waals surface area contributed by atoms with Crippen LogP contribution in [0.4, 0.5) is 5.82 Å². The Labute approximate surface area is 119 Å². The van der Waals surface area contributed by atoms with Gasteiger partial charge in [-0.3, -0.25) is 4.68 Å². The Hall–Kier alpha value is -1.69. The van der Waals surface area contributed by atoms with E-state index in [9.17, 15) is 0 Å². The van der Waals surface area contributed by atoms with Crippen molar-refractivity contribution >= 4 is 16.9 Å². The Morgan fingerprint density at radius 3 is 2.95 bits per heavy atom. The first-order valence-corrected chi connectivity index (χ1v) is 7.32. The maximum Gasteiger partial charge on any atom is 0.163 e. The number of fused-ring (bicyclic) bond motifs is 1. The van der Waals surface area contributed by atoms with E-state index in [2.05, 4.69) is 34.6 Å². The molecule has 6 nitrogen and oxygen atoms in total. The number of nitrogens with one attached hydrogen (secondary N) is 2. The molecule has 20 heavy (non-hydrogen) atoms. The predicted octanol–water partition coefficient (Wildman–Crippen LogP) is 1.65. The molecule has 108 valence electrons. The van der Waals surface area contributed by atoms with Crippen LogP contribution in [0.25, 0.3) is 11.0 Å². The van der Waals surface area contributed by atoms with Gasteiger partial charge in [-0.15, -0.1) is 0 Å². The maximum atomic E-state index is 4.70. The van der Waals surface area contributed by atoms with Gasteiger partial charge in [-0.25, -0.2) is 9.97 Å². The normalized spacial score (nSPS) is 19.7. The Morgan fingerprint density at radius 1 is 1.40 bits per heavy atom. The largest absolute Gasteiger partial charge is 0.365 e. The van der Waals surface area contributed by atoms with E-state index in [1.54, 1.807) is 0 Å². The van der Waals surface area contributed by atoms with Crippen LogP contribution < -0.4 is 10.6 Å². The zero-order valence-corrected chi connectivity index (χ0v) is 12.3. The molecule has 2 N–H and O–H groups in total. The van der Waals surface area contributed by atoms with Crippen LogP contribution >= 0.6 is 0 Å². The lowest BCUT2D eigenvalue weighted by atomic mass is 10.1. The van der Waals surface area contributed by atoms with E-state index in [0.717, 1.165) is 35.8 Å². The summed E-state index contributed by atoms with van der Waals surface area (Å²) in [5.74, 6) is 2.09. The SMILES string of the molecule is CC(C)c1nc(N[C@@H]2CCCNC2)c2cnn(C)c2n1. The monoisotopic (exact) mass is 274 g/mol. The minimum absolute atomic E-state index is 0.305. The van der Waals surface area contributed by atoms with Crippen molar-refractivity contribution in [3.8, 4) is 0 Å². The summed E-state index contributed by atoms with van der Waals surface area (Å²) in [4.78, 5) is 9.33. The van der Waals surface area contributed by atoms with Crippen LogP contribution in [0.1, 0.15) is 38.4 Å². The smallest absolute Gasteiger partial charge is 0.163 e. The zero-order valence-electron chi connectivity index (χ0n) is 12.3. The van der Waals surface area contributed by atoms with Crippen LogP contribution in [0.15, 0.2) is 6.20 Å². The molecule has 0 unspecified atom stereocenters. The number of anilines is 1. The zero-order chi connectivity index (χ0) is 14.1. The van der Waals surface area contributed by atoms with Gasteiger partial charge in [0.25, 0.3) is 0 Å². The average molecular weight is 274 g/mol. The van der Waals surface area contributed by atoms with E-state index in [1.165, 1.54) is 12.8 Å². The van der Waals surface area contributed by atoms with Crippen molar-refractivity contribution in [1.29, 1.82) is 0 Å². The molecule has 1 atom stereocenters. The molecule has 1 aliphatic heterocycles. The highest BCUT2D eigenvalue weighted by Gasteiger charge is 2.18. The lowest BCUT2D eigenvalue weighted by Gasteiger charge is -2.24. The van der Waals surface area contributed by atoms with Crippen LogP contribution in [0, 0.1) is 0 Å². The van der Waals surface area contributed by atoms with Crippen LogP contribution in [-0.4, -0.2) is 38.9 Å². The van der Waals surface area contributed by atoms with Crippen LogP contribution in [0.5, 0.6) is 0 Å². The van der Waals surface area contributed by atoms with Gasteiger partial charge in [-0.05, 0) is 19.4 Å². The van der Waals surface area contributed by atoms with Gasteiger partial charge in [0.2, 0.25) is 0 Å². The van der Waals surface area contributed by atoms with Crippen molar-refractivity contribution in [3.05, 3.63) is 12.0 Å². The molecular formula is C14H22N6. The van der Waals surface area contributed by atoms with Crippen molar-refractivity contribution in [1.82, 2.24) is 25.1 Å². The second kappa shape index (κ2) is 5.36. The van der Waals surface area contributed by atoms with Gasteiger partial charge >= 0.3 is 0 Å². The lowest BCUT2D eigenvalue weighted by Crippen LogP contribution is -2.38. The first kappa shape index (κ1) is 13.3. The molecule has 0 aromatic carbocycles. The molecule has 2 aromatic rings. The quantitative estimate of drug-likeness (QED) is 0.891. The highest BCUT2D eigenvalue weighted by atomic mass is 15.3. The van der Waals surface area contributed by atoms with Gasteiger partial charge in [0.05, 0.1) is 11.6 Å². The van der Waals surface area contributed by atoms with Gasteiger partial charge in [0, 0.05) is 25.6 Å². The molecule has 1 saturated heterocycles. The number of aromatic nitrogens is 4. The fraction of sp³-hybridized carbons (Fsp3) is 0.643. The van der Waals surface area contributed by atoms with E-state index < -0.39 is 0 Å². The summed E-state index contributed by atoms with van der Waals surface area (Å²) in [6, 6.07) is 0.432. The Balaban J connectivity index is 1.98. The second-order valence-electron chi connectivity index (χ2n) is 5.78. The maximum absolute atomic E-state index is 4.70. The molecule has 0 radical (unpaired) electrons. The second-order valence-corrected chi connectivity index (χ2v) is 5.78. The molecule has 2 aromatic heterocycles. The summed E-state index contributed by atoms with van der Waals surface area (Å²) in [5.41, 5.74) is 0.898. The summed E-state index contributed by atoms with van der Waals surface area (Å²) >= 11 is 0. The standard InChI is InChI=1S/C14H22N6/c1-9(2)12-18-13(17-10-5-4-6-15-7-10)11-8-16-20(3)14(11)19-12/h8-10,15H,4-7H2,1-3H3,(H,17,18,19)/t10-/m1/s1. The average Bonchev–Trinajstić information content (AvgIpc) is 2.82. The molecule has 1 fully saturated rings. The highest BCUT2D eigenvalue weighted by molar-refractivity contribution is 5.86. The number of aryl methyl sites for hydroxylation is 1. The fourth-order valence-corrected chi connectivity index (χ4v) is 2.58. The first-order valence-electron chi connectivity index (χ1n) is 7.32. The van der Waals surface area contributed by atoms with Gasteiger partial charge in [0.1, 0.15) is 11.6 Å². The molecule has 3 rings (SSSR count). The van der Waals surface area contributed by atoms with Crippen molar-refractivity contribution in [2.45, 2.75) is 38.6 Å². The number of piperidine rings is 1. The molecule has 0 bridgehead atoms. The summed E-state index contributed by atoms with van der Waals surface area (Å²) in [7, 11) is 1.92. The molecule has 6 heteroatoms. The van der Waals surface area contributed by atoms with E-state index in [0.29, 0.717) is 12.0 Å². The van der Waals surface area contributed by atoms with Gasteiger partial charge in [-0.1, -0.05) is 13.8 Å². The fourth-order valence-electron chi connectivity index (χ4n) is 2.58. The van der Waals surface area contributed by atoms with Crippen molar-refractivity contribution in [2.75, 3.05) is 18.4 Å². The van der Waals surface area contributed by atoms with E-state index in [-0.39, 0.29) is 0 Å². The number of hydrogen-bond donors (Lipinski definition) is 2. The molecule has 0 saturated carbocycles. The topological polar surface area (TPSA) is 67.7 Å². The minimum atomic E-state index is 0.305. The third kappa shape index (κ3) is 2.47. The van der Waals surface area contributed by atoms with E-state index in [4.69, 9.17) is 4.98 Å². The van der Waals surface area contributed by atoms with Crippen LogP contribution in [-0.2, 0) is 7.05 Å². The van der Waals surface area contributed by atoms with Crippen molar-refractivity contribution < 1.29 is 0 Å². The van der Waals surface area contributed by atoms with Crippen LogP contribution in [0.2, 0.25) is 0 Å². The van der Waals surface area contributed by atoms with Crippen LogP contribution in [0.3, 0.4) is 0 Å². The Kier molecular flexibility index (Phi) is 3.56. The molecule has 3 heterocycles. The number of hydrogen-bond acceptors (Lipinski definition) is 5. The summed E-state index contributed by atoms with van der Waals surface area (Å²) in [6.07, 6.45) is 4.23. The molecule has 0 aliphatic carbocycles. The minimum Gasteiger partial charge on any atom is -0.365 e. The third-order valence-electron chi connectivity index (χ3n) is 3.76. The van der Waals surface area contributed by atoms with Crippen molar-refractivity contribution in [2.24, 2.45) is 7.05 Å². The third-order valence-corrected chi connectivity index (χ3v) is 3.76. The molecule has 0 spiro atoms. The van der Waals surface area contributed by atoms with E-state index >= 15 is 0 Å². The predicted molar refractivity (Wildman–Crippen MR) is 79.9 cm³/mol. The first-order chi connectivity index (χ1) is 9.65. The number of nitrogens with zero attached hydrogens (tertiary/aromatic N) is 4. The summed E-state index contributed by atoms with van der Waals surface area (Å²) < 4.78 is 1.81. The highest BCUT2D eigenvalue weighted by Crippen LogP contribution is 2.23. The Morgan fingerprint density at radius 2 is 2.25 bits per heavy atom. The molecule has 0 amide bonds. The van der Waals surface area contributed by atoms with Gasteiger partial charge < -0.3 is 10.6 Å². The molecular weight excluding hydrogens is 252 g/mol. The molecule has 1 aliphatic rings. The van der Waals surface area contributed by atoms with Gasteiger partial charge in [0.15, 0.2) is 5.65 Å². The lowest BCUT2D eigenvalue weighted by molar-refractivity contribution is 0.479. The number of rotatable bonds is 3. The summed E-state index contributed by atoms with van der Waals surface area (Å²) in [5, 5.41) is 12.3.